The zero-order valence-corrected chi connectivity index (χ0v) is 14.8. The summed E-state index contributed by atoms with van der Waals surface area (Å²) in [5, 5.41) is 10.6. The topological polar surface area (TPSA) is 56.7 Å². The first-order chi connectivity index (χ1) is 11.0. The highest BCUT2D eigenvalue weighted by Gasteiger charge is 2.15. The number of nitrogen functional groups attached to an aromatic ring is 1. The third kappa shape index (κ3) is 3.75. The predicted molar refractivity (Wildman–Crippen MR) is 96.6 cm³/mol. The lowest BCUT2D eigenvalue weighted by atomic mass is 10.2. The van der Waals surface area contributed by atoms with Gasteiger partial charge in [-0.2, -0.15) is 0 Å². The van der Waals surface area contributed by atoms with Gasteiger partial charge in [0.25, 0.3) is 0 Å². The van der Waals surface area contributed by atoms with Crippen LogP contribution in [0.1, 0.15) is 5.56 Å². The first-order valence-electron chi connectivity index (χ1n) is 6.58. The number of halogens is 3. The Balaban J connectivity index is 1.83. The molecule has 3 rings (SSSR count). The molecule has 1 heterocycles. The van der Waals surface area contributed by atoms with Crippen molar-refractivity contribution >= 4 is 46.6 Å². The van der Waals surface area contributed by atoms with Gasteiger partial charge in [0.1, 0.15) is 0 Å². The lowest BCUT2D eigenvalue weighted by Gasteiger charge is -2.06. The minimum Gasteiger partial charge on any atom is -0.335 e. The van der Waals surface area contributed by atoms with Crippen LogP contribution < -0.4 is 5.84 Å². The van der Waals surface area contributed by atoms with Gasteiger partial charge in [0.15, 0.2) is 5.82 Å². The molecule has 0 bridgehead atoms. The summed E-state index contributed by atoms with van der Waals surface area (Å²) in [7, 11) is 0. The molecule has 2 aromatic carbocycles. The smallest absolute Gasteiger partial charge is 0.210 e. The van der Waals surface area contributed by atoms with Crippen molar-refractivity contribution in [2.24, 2.45) is 0 Å². The molecule has 1 aromatic heterocycles. The molecule has 0 unspecified atom stereocenters. The summed E-state index contributed by atoms with van der Waals surface area (Å²) in [6, 6.07) is 12.8. The van der Waals surface area contributed by atoms with Crippen LogP contribution in [0.5, 0.6) is 0 Å². The molecular formula is C15H11Cl3N4S. The zero-order chi connectivity index (χ0) is 16.4. The Morgan fingerprint density at radius 3 is 2.57 bits per heavy atom. The van der Waals surface area contributed by atoms with Gasteiger partial charge < -0.3 is 5.84 Å². The highest BCUT2D eigenvalue weighted by molar-refractivity contribution is 7.98. The van der Waals surface area contributed by atoms with Crippen molar-refractivity contribution in [3.63, 3.8) is 0 Å². The Bertz CT molecular complexity index is 850. The Hall–Kier alpha value is -1.40. The second kappa shape index (κ2) is 7.01. The van der Waals surface area contributed by atoms with Crippen LogP contribution in [0.15, 0.2) is 47.6 Å². The summed E-state index contributed by atoms with van der Waals surface area (Å²) >= 11 is 19.6. The number of aromatic nitrogens is 3. The minimum atomic E-state index is 0.464. The van der Waals surface area contributed by atoms with Crippen molar-refractivity contribution in [3.05, 3.63) is 63.1 Å². The fraction of sp³-hybridized carbons (Fsp3) is 0.0667. The first kappa shape index (κ1) is 16.5. The van der Waals surface area contributed by atoms with Crippen molar-refractivity contribution < 1.29 is 0 Å². The molecule has 0 saturated heterocycles. The Kier molecular flexibility index (Phi) is 5.02. The molecule has 23 heavy (non-hydrogen) atoms. The monoisotopic (exact) mass is 384 g/mol. The van der Waals surface area contributed by atoms with Gasteiger partial charge in [-0.3, -0.25) is 0 Å². The van der Waals surface area contributed by atoms with Gasteiger partial charge in [0.2, 0.25) is 5.16 Å². The van der Waals surface area contributed by atoms with E-state index >= 15 is 0 Å². The molecule has 0 spiro atoms. The van der Waals surface area contributed by atoms with Gasteiger partial charge in [-0.05, 0) is 35.9 Å². The summed E-state index contributed by atoms with van der Waals surface area (Å²) in [5.41, 5.74) is 1.72. The van der Waals surface area contributed by atoms with E-state index in [1.165, 1.54) is 16.4 Å². The summed E-state index contributed by atoms with van der Waals surface area (Å²) in [4.78, 5) is 0. The quantitative estimate of drug-likeness (QED) is 0.512. The van der Waals surface area contributed by atoms with Crippen LogP contribution in [0.25, 0.3) is 11.4 Å². The van der Waals surface area contributed by atoms with Crippen LogP contribution in [0.2, 0.25) is 15.1 Å². The number of hydrogen-bond acceptors (Lipinski definition) is 4. The molecule has 8 heteroatoms. The van der Waals surface area contributed by atoms with Crippen molar-refractivity contribution in [1.29, 1.82) is 0 Å². The van der Waals surface area contributed by atoms with E-state index in [1.54, 1.807) is 18.2 Å². The lowest BCUT2D eigenvalue weighted by molar-refractivity contribution is 0.849. The molecule has 0 aliphatic heterocycles. The van der Waals surface area contributed by atoms with Crippen molar-refractivity contribution in [3.8, 4) is 11.4 Å². The number of nitrogens with two attached hydrogens (primary N) is 1. The summed E-state index contributed by atoms with van der Waals surface area (Å²) in [5.74, 6) is 7.24. The molecule has 0 aliphatic rings. The second-order valence-electron chi connectivity index (χ2n) is 4.72. The molecular weight excluding hydrogens is 375 g/mol. The standard InChI is InChI=1S/C15H11Cl3N4S/c16-10-3-1-2-9(6-10)8-23-15-21-20-14(22(15)19)12-7-11(17)4-5-13(12)18/h1-7H,8,19H2. The minimum absolute atomic E-state index is 0.464. The van der Waals surface area contributed by atoms with Crippen LogP contribution >= 0.6 is 46.6 Å². The lowest BCUT2D eigenvalue weighted by Crippen LogP contribution is -2.11. The SMILES string of the molecule is Nn1c(SCc2cccc(Cl)c2)nnc1-c1cc(Cl)ccc1Cl. The molecule has 0 atom stereocenters. The number of rotatable bonds is 4. The number of nitrogens with zero attached hydrogens (tertiary/aromatic N) is 3. The maximum atomic E-state index is 6.19. The summed E-state index contributed by atoms with van der Waals surface area (Å²) in [6.45, 7) is 0. The molecule has 0 saturated carbocycles. The van der Waals surface area contributed by atoms with E-state index < -0.39 is 0 Å². The Morgan fingerprint density at radius 1 is 1.00 bits per heavy atom. The maximum absolute atomic E-state index is 6.19. The van der Waals surface area contributed by atoms with Crippen molar-refractivity contribution in [1.82, 2.24) is 14.9 Å². The Labute approximate surface area is 152 Å². The third-order valence-electron chi connectivity index (χ3n) is 3.09. The van der Waals surface area contributed by atoms with Gasteiger partial charge in [-0.1, -0.05) is 58.7 Å². The number of hydrogen-bond donors (Lipinski definition) is 1. The molecule has 2 N–H and O–H groups in total. The van der Waals surface area contributed by atoms with E-state index in [0.717, 1.165) is 5.56 Å². The third-order valence-corrected chi connectivity index (χ3v) is 4.90. The van der Waals surface area contributed by atoms with E-state index in [4.69, 9.17) is 40.6 Å². The highest BCUT2D eigenvalue weighted by Crippen LogP contribution is 2.31. The average molecular weight is 386 g/mol. The predicted octanol–water partition coefficient (Wildman–Crippen LogP) is 4.91. The normalized spacial score (nSPS) is 10.9. The summed E-state index contributed by atoms with van der Waals surface area (Å²) in [6.07, 6.45) is 0. The molecule has 0 amide bonds. The van der Waals surface area contributed by atoms with Gasteiger partial charge in [0, 0.05) is 21.4 Å². The molecule has 0 fully saturated rings. The zero-order valence-electron chi connectivity index (χ0n) is 11.7. The van der Waals surface area contributed by atoms with Crippen LogP contribution in [-0.4, -0.2) is 14.9 Å². The van der Waals surface area contributed by atoms with Crippen molar-refractivity contribution in [2.45, 2.75) is 10.9 Å². The fourth-order valence-corrected chi connectivity index (χ4v) is 3.39. The average Bonchev–Trinajstić information content (AvgIpc) is 2.89. The van der Waals surface area contributed by atoms with Crippen molar-refractivity contribution in [2.75, 3.05) is 5.84 Å². The Morgan fingerprint density at radius 2 is 1.78 bits per heavy atom. The van der Waals surface area contributed by atoms with Crippen LogP contribution in [-0.2, 0) is 5.75 Å². The maximum Gasteiger partial charge on any atom is 0.210 e. The molecule has 4 nitrogen and oxygen atoms in total. The van der Waals surface area contributed by atoms with E-state index in [9.17, 15) is 0 Å². The van der Waals surface area contributed by atoms with Gasteiger partial charge in [0.05, 0.1) is 5.02 Å². The van der Waals surface area contributed by atoms with Gasteiger partial charge in [-0.15, -0.1) is 10.2 Å². The van der Waals surface area contributed by atoms with E-state index in [0.29, 0.717) is 37.4 Å². The van der Waals surface area contributed by atoms with E-state index in [-0.39, 0.29) is 0 Å². The van der Waals surface area contributed by atoms with Crippen LogP contribution in [0, 0.1) is 0 Å². The van der Waals surface area contributed by atoms with Crippen LogP contribution in [0.3, 0.4) is 0 Å². The molecule has 3 aromatic rings. The number of thioether (sulfide) groups is 1. The van der Waals surface area contributed by atoms with E-state index in [1.807, 2.05) is 24.3 Å². The van der Waals surface area contributed by atoms with Gasteiger partial charge in [-0.25, -0.2) is 4.68 Å². The first-order valence-corrected chi connectivity index (χ1v) is 8.69. The highest BCUT2D eigenvalue weighted by atomic mass is 35.5. The van der Waals surface area contributed by atoms with Crippen LogP contribution in [0.4, 0.5) is 0 Å². The summed E-state index contributed by atoms with van der Waals surface area (Å²) < 4.78 is 1.41. The molecule has 118 valence electrons. The fourth-order valence-electron chi connectivity index (χ4n) is 2.00. The number of benzene rings is 2. The molecule has 0 radical (unpaired) electrons. The van der Waals surface area contributed by atoms with Gasteiger partial charge >= 0.3 is 0 Å². The van der Waals surface area contributed by atoms with E-state index in [2.05, 4.69) is 10.2 Å². The largest absolute Gasteiger partial charge is 0.335 e. The second-order valence-corrected chi connectivity index (χ2v) is 6.94. The molecule has 0 aliphatic carbocycles.